The van der Waals surface area contributed by atoms with Crippen molar-refractivity contribution in [2.45, 2.75) is 20.0 Å². The number of hydrogen-bond acceptors (Lipinski definition) is 3. The minimum Gasteiger partial charge on any atom is -0.329 e. The molecule has 78 valence electrons. The average Bonchev–Trinajstić information content (AvgIpc) is 2.69. The molecule has 0 saturated heterocycles. The Morgan fingerprint density at radius 3 is 2.87 bits per heavy atom. The van der Waals surface area contributed by atoms with Crippen LogP contribution in [0.1, 0.15) is 17.0 Å². The molecule has 2 rings (SSSR count). The van der Waals surface area contributed by atoms with Gasteiger partial charge in [0.05, 0.1) is 18.6 Å². The van der Waals surface area contributed by atoms with E-state index in [0.717, 1.165) is 23.5 Å². The molecule has 2 aromatic heterocycles. The quantitative estimate of drug-likeness (QED) is 0.810. The number of aryl methyl sites for hydroxylation is 1. The summed E-state index contributed by atoms with van der Waals surface area (Å²) in [5.74, 6) is 0. The molecule has 0 amide bonds. The van der Waals surface area contributed by atoms with E-state index in [-0.39, 0.29) is 0 Å². The van der Waals surface area contributed by atoms with Crippen LogP contribution in [-0.4, -0.2) is 14.5 Å². The van der Waals surface area contributed by atoms with E-state index in [1.165, 1.54) is 0 Å². The van der Waals surface area contributed by atoms with Crippen LogP contribution in [0.5, 0.6) is 0 Å². The number of nitrogens with two attached hydrogens (primary N) is 1. The zero-order valence-electron chi connectivity index (χ0n) is 8.72. The van der Waals surface area contributed by atoms with Crippen molar-refractivity contribution in [3.8, 4) is 0 Å². The monoisotopic (exact) mass is 202 g/mol. The molecular formula is C11H14N4. The van der Waals surface area contributed by atoms with Crippen LogP contribution in [0.25, 0.3) is 0 Å². The number of nitrogens with zero attached hydrogens (tertiary/aromatic N) is 3. The Labute approximate surface area is 88.8 Å². The van der Waals surface area contributed by atoms with Crippen molar-refractivity contribution < 1.29 is 0 Å². The van der Waals surface area contributed by atoms with Gasteiger partial charge in [0.1, 0.15) is 0 Å². The first-order valence-corrected chi connectivity index (χ1v) is 4.90. The molecule has 2 aromatic rings. The Kier molecular flexibility index (Phi) is 2.78. The highest BCUT2D eigenvalue weighted by Gasteiger charge is 2.00. The van der Waals surface area contributed by atoms with E-state index < -0.39 is 0 Å². The summed E-state index contributed by atoms with van der Waals surface area (Å²) in [6.07, 6.45) is 5.47. The zero-order valence-corrected chi connectivity index (χ0v) is 8.72. The van der Waals surface area contributed by atoms with Crippen LogP contribution in [0.4, 0.5) is 0 Å². The second-order valence-corrected chi connectivity index (χ2v) is 3.52. The molecular weight excluding hydrogens is 188 g/mol. The topological polar surface area (TPSA) is 56.7 Å². The van der Waals surface area contributed by atoms with E-state index in [1.54, 1.807) is 12.5 Å². The molecule has 0 aliphatic carbocycles. The predicted octanol–water partition coefficient (Wildman–Crippen LogP) is 1.09. The first-order chi connectivity index (χ1) is 7.29. The van der Waals surface area contributed by atoms with Crippen LogP contribution in [0.15, 0.2) is 30.9 Å². The fraction of sp³-hybridized carbons (Fsp3) is 0.273. The van der Waals surface area contributed by atoms with Crippen LogP contribution in [-0.2, 0) is 13.1 Å². The number of rotatable bonds is 3. The van der Waals surface area contributed by atoms with E-state index in [9.17, 15) is 0 Å². The highest BCUT2D eigenvalue weighted by molar-refractivity contribution is 5.14. The van der Waals surface area contributed by atoms with Crippen molar-refractivity contribution in [1.82, 2.24) is 14.5 Å². The summed E-state index contributed by atoms with van der Waals surface area (Å²) in [4.78, 5) is 8.32. The van der Waals surface area contributed by atoms with Crippen LogP contribution in [0.3, 0.4) is 0 Å². The molecule has 0 aromatic carbocycles. The van der Waals surface area contributed by atoms with Crippen molar-refractivity contribution in [3.05, 3.63) is 47.8 Å². The van der Waals surface area contributed by atoms with Gasteiger partial charge in [0.2, 0.25) is 0 Å². The van der Waals surface area contributed by atoms with Gasteiger partial charge in [-0.1, -0.05) is 6.07 Å². The Morgan fingerprint density at radius 1 is 1.33 bits per heavy atom. The van der Waals surface area contributed by atoms with Gasteiger partial charge in [0.15, 0.2) is 0 Å². The van der Waals surface area contributed by atoms with E-state index in [4.69, 9.17) is 5.73 Å². The molecule has 4 heteroatoms. The molecule has 4 nitrogen and oxygen atoms in total. The lowest BCUT2D eigenvalue weighted by Crippen LogP contribution is -2.07. The molecule has 0 bridgehead atoms. The Balaban J connectivity index is 2.18. The second-order valence-electron chi connectivity index (χ2n) is 3.52. The van der Waals surface area contributed by atoms with Crippen molar-refractivity contribution in [1.29, 1.82) is 0 Å². The third kappa shape index (κ3) is 2.22. The number of pyridine rings is 1. The van der Waals surface area contributed by atoms with Crippen LogP contribution < -0.4 is 5.73 Å². The number of imidazole rings is 1. The maximum atomic E-state index is 5.60. The van der Waals surface area contributed by atoms with Gasteiger partial charge in [-0.3, -0.25) is 4.98 Å². The summed E-state index contributed by atoms with van der Waals surface area (Å²) in [6, 6.07) is 4.08. The summed E-state index contributed by atoms with van der Waals surface area (Å²) < 4.78 is 2.03. The van der Waals surface area contributed by atoms with Crippen molar-refractivity contribution in [3.63, 3.8) is 0 Å². The van der Waals surface area contributed by atoms with Crippen molar-refractivity contribution in [2.75, 3.05) is 0 Å². The molecule has 0 unspecified atom stereocenters. The summed E-state index contributed by atoms with van der Waals surface area (Å²) in [5, 5.41) is 0. The van der Waals surface area contributed by atoms with E-state index in [0.29, 0.717) is 6.54 Å². The standard InChI is InChI=1S/C11H14N4/c1-9-2-3-10(5-14-9)7-15-8-13-6-11(15)4-12/h2-3,5-6,8H,4,7,12H2,1H3. The van der Waals surface area contributed by atoms with E-state index >= 15 is 0 Å². The molecule has 2 N–H and O–H groups in total. The third-order valence-electron chi connectivity index (χ3n) is 2.33. The minimum absolute atomic E-state index is 0.513. The van der Waals surface area contributed by atoms with Gasteiger partial charge in [-0.05, 0) is 18.6 Å². The second kappa shape index (κ2) is 4.23. The highest BCUT2D eigenvalue weighted by Crippen LogP contribution is 2.05. The lowest BCUT2D eigenvalue weighted by Gasteiger charge is -2.06. The largest absolute Gasteiger partial charge is 0.329 e. The smallest absolute Gasteiger partial charge is 0.0951 e. The molecule has 15 heavy (non-hydrogen) atoms. The first kappa shape index (κ1) is 9.86. The SMILES string of the molecule is Cc1ccc(Cn2cncc2CN)cn1. The molecule has 0 saturated carbocycles. The normalized spacial score (nSPS) is 10.5. The maximum absolute atomic E-state index is 5.60. The van der Waals surface area contributed by atoms with Gasteiger partial charge < -0.3 is 10.3 Å². The third-order valence-corrected chi connectivity index (χ3v) is 2.33. The van der Waals surface area contributed by atoms with Crippen molar-refractivity contribution in [2.24, 2.45) is 5.73 Å². The molecule has 2 heterocycles. The lowest BCUT2D eigenvalue weighted by atomic mass is 10.2. The van der Waals surface area contributed by atoms with Crippen LogP contribution in [0.2, 0.25) is 0 Å². The molecule has 0 fully saturated rings. The first-order valence-electron chi connectivity index (χ1n) is 4.90. The summed E-state index contributed by atoms with van der Waals surface area (Å²) in [7, 11) is 0. The predicted molar refractivity (Wildman–Crippen MR) is 58.2 cm³/mol. The van der Waals surface area contributed by atoms with Gasteiger partial charge in [-0.25, -0.2) is 4.98 Å². The summed E-state index contributed by atoms with van der Waals surface area (Å²) in [5.41, 5.74) is 8.83. The van der Waals surface area contributed by atoms with Gasteiger partial charge in [-0.15, -0.1) is 0 Å². The summed E-state index contributed by atoms with van der Waals surface area (Å²) >= 11 is 0. The van der Waals surface area contributed by atoms with E-state index in [1.807, 2.05) is 23.8 Å². The number of hydrogen-bond donors (Lipinski definition) is 1. The van der Waals surface area contributed by atoms with Gasteiger partial charge >= 0.3 is 0 Å². The van der Waals surface area contributed by atoms with Gasteiger partial charge in [0, 0.05) is 24.6 Å². The molecule has 0 atom stereocenters. The highest BCUT2D eigenvalue weighted by atomic mass is 15.0. The summed E-state index contributed by atoms with van der Waals surface area (Å²) in [6.45, 7) is 3.27. The van der Waals surface area contributed by atoms with Gasteiger partial charge in [-0.2, -0.15) is 0 Å². The Bertz CT molecular complexity index is 430. The zero-order chi connectivity index (χ0) is 10.7. The fourth-order valence-electron chi connectivity index (χ4n) is 1.45. The van der Waals surface area contributed by atoms with Crippen LogP contribution >= 0.6 is 0 Å². The fourth-order valence-corrected chi connectivity index (χ4v) is 1.45. The molecule has 0 aliphatic heterocycles. The molecule has 0 aliphatic rings. The lowest BCUT2D eigenvalue weighted by molar-refractivity contribution is 0.737. The Hall–Kier alpha value is -1.68. The van der Waals surface area contributed by atoms with Crippen LogP contribution in [0, 0.1) is 6.92 Å². The molecule has 0 radical (unpaired) electrons. The van der Waals surface area contributed by atoms with Crippen molar-refractivity contribution >= 4 is 0 Å². The number of aromatic nitrogens is 3. The average molecular weight is 202 g/mol. The maximum Gasteiger partial charge on any atom is 0.0951 e. The molecule has 0 spiro atoms. The van der Waals surface area contributed by atoms with Gasteiger partial charge in [0.25, 0.3) is 0 Å². The Morgan fingerprint density at radius 2 is 2.20 bits per heavy atom. The van der Waals surface area contributed by atoms with E-state index in [2.05, 4.69) is 16.0 Å². The minimum atomic E-state index is 0.513.